The quantitative estimate of drug-likeness (QED) is 0.804. The normalized spacial score (nSPS) is 18.8. The van der Waals surface area contributed by atoms with Gasteiger partial charge in [-0.1, -0.05) is 19.1 Å². The fourth-order valence-corrected chi connectivity index (χ4v) is 4.02. The molecule has 0 amide bonds. The molecule has 5 nitrogen and oxygen atoms in total. The minimum atomic E-state index is -3.36. The molecule has 1 saturated heterocycles. The van der Waals surface area contributed by atoms with Gasteiger partial charge >= 0.3 is 0 Å². The number of rotatable bonds is 6. The number of nitriles is 1. The highest BCUT2D eigenvalue weighted by molar-refractivity contribution is 7.88. The van der Waals surface area contributed by atoms with E-state index < -0.39 is 10.0 Å². The van der Waals surface area contributed by atoms with Crippen LogP contribution in [0.3, 0.4) is 0 Å². The van der Waals surface area contributed by atoms with E-state index in [1.165, 1.54) is 4.31 Å². The molecule has 114 valence electrons. The van der Waals surface area contributed by atoms with E-state index in [1.54, 1.807) is 24.3 Å². The molecule has 0 aliphatic carbocycles. The second-order valence-corrected chi connectivity index (χ2v) is 7.12. The molecule has 0 aromatic heterocycles. The second kappa shape index (κ2) is 7.03. The molecule has 1 atom stereocenters. The van der Waals surface area contributed by atoms with E-state index in [-0.39, 0.29) is 11.9 Å². The second-order valence-electron chi connectivity index (χ2n) is 5.15. The van der Waals surface area contributed by atoms with Crippen molar-refractivity contribution >= 4 is 10.0 Å². The van der Waals surface area contributed by atoms with Gasteiger partial charge in [-0.3, -0.25) is 0 Å². The molecule has 1 fully saturated rings. The third-order valence-corrected chi connectivity index (χ3v) is 5.50. The Morgan fingerprint density at radius 3 is 2.62 bits per heavy atom. The first kappa shape index (κ1) is 16.0. The minimum absolute atomic E-state index is 0.0145. The van der Waals surface area contributed by atoms with E-state index >= 15 is 0 Å². The van der Waals surface area contributed by atoms with Crippen molar-refractivity contribution in [1.29, 1.82) is 5.26 Å². The molecule has 0 radical (unpaired) electrons. The van der Waals surface area contributed by atoms with Crippen LogP contribution in [-0.4, -0.2) is 38.5 Å². The van der Waals surface area contributed by atoms with Crippen molar-refractivity contribution in [3.8, 4) is 6.07 Å². The number of benzene rings is 1. The molecule has 21 heavy (non-hydrogen) atoms. The van der Waals surface area contributed by atoms with Gasteiger partial charge in [-0.2, -0.15) is 9.57 Å². The average molecular weight is 308 g/mol. The summed E-state index contributed by atoms with van der Waals surface area (Å²) in [7, 11) is -3.36. The first-order valence-corrected chi connectivity index (χ1v) is 8.74. The van der Waals surface area contributed by atoms with E-state index in [0.717, 1.165) is 19.4 Å². The Kier molecular flexibility index (Phi) is 5.34. The summed E-state index contributed by atoms with van der Waals surface area (Å²) in [5, 5.41) is 8.76. The van der Waals surface area contributed by atoms with Crippen molar-refractivity contribution in [3.05, 3.63) is 35.4 Å². The third-order valence-electron chi connectivity index (χ3n) is 3.61. The maximum absolute atomic E-state index is 12.5. The number of nitrogens with zero attached hydrogens (tertiary/aromatic N) is 2. The topological polar surface area (TPSA) is 70.4 Å². The fraction of sp³-hybridized carbons (Fsp3) is 0.533. The molecular formula is C15H20N2O3S. The molecule has 1 aliphatic rings. The number of ether oxygens (including phenoxy) is 1. The molecule has 1 aromatic rings. The van der Waals surface area contributed by atoms with Crippen LogP contribution >= 0.6 is 0 Å². The van der Waals surface area contributed by atoms with Crippen LogP contribution in [0.2, 0.25) is 0 Å². The summed E-state index contributed by atoms with van der Waals surface area (Å²) in [6.45, 7) is 3.43. The van der Waals surface area contributed by atoms with Gasteiger partial charge in [0.1, 0.15) is 0 Å². The summed E-state index contributed by atoms with van der Waals surface area (Å²) < 4.78 is 32.0. The van der Waals surface area contributed by atoms with E-state index in [2.05, 4.69) is 0 Å². The van der Waals surface area contributed by atoms with Crippen LogP contribution in [0.15, 0.2) is 24.3 Å². The number of sulfonamides is 1. The highest BCUT2D eigenvalue weighted by Crippen LogP contribution is 2.17. The van der Waals surface area contributed by atoms with Crippen molar-refractivity contribution in [3.63, 3.8) is 0 Å². The predicted molar refractivity (Wildman–Crippen MR) is 80.0 cm³/mol. The van der Waals surface area contributed by atoms with Crippen LogP contribution in [0, 0.1) is 11.3 Å². The van der Waals surface area contributed by atoms with E-state index in [9.17, 15) is 8.42 Å². The number of likely N-dealkylation sites (N-methyl/N-ethyl adjacent to an activating group) is 1. The van der Waals surface area contributed by atoms with Crippen molar-refractivity contribution < 1.29 is 13.2 Å². The number of hydrogen-bond donors (Lipinski definition) is 0. The molecule has 0 N–H and O–H groups in total. The van der Waals surface area contributed by atoms with Crippen LogP contribution in [0.4, 0.5) is 0 Å². The maximum atomic E-state index is 12.5. The minimum Gasteiger partial charge on any atom is -0.377 e. The Hall–Kier alpha value is -1.42. The zero-order valence-electron chi connectivity index (χ0n) is 12.2. The molecule has 6 heteroatoms. The summed E-state index contributed by atoms with van der Waals surface area (Å²) in [6.07, 6.45) is 1.93. The molecule has 1 aliphatic heterocycles. The summed E-state index contributed by atoms with van der Waals surface area (Å²) in [5.41, 5.74) is 1.22. The Morgan fingerprint density at radius 1 is 1.38 bits per heavy atom. The first-order valence-electron chi connectivity index (χ1n) is 7.13. The van der Waals surface area contributed by atoms with Gasteiger partial charge < -0.3 is 4.74 Å². The van der Waals surface area contributed by atoms with Crippen LogP contribution in [0.25, 0.3) is 0 Å². The number of hydrogen-bond acceptors (Lipinski definition) is 4. The lowest BCUT2D eigenvalue weighted by Gasteiger charge is -2.23. The SMILES string of the molecule is CCN(CC1CCCO1)S(=O)(=O)Cc1ccc(C#N)cc1. The first-order chi connectivity index (χ1) is 10.0. The lowest BCUT2D eigenvalue weighted by molar-refractivity contribution is 0.0946. The van der Waals surface area contributed by atoms with Gasteiger partial charge in [0.2, 0.25) is 10.0 Å². The summed E-state index contributed by atoms with van der Waals surface area (Å²) in [6, 6.07) is 8.68. The van der Waals surface area contributed by atoms with E-state index in [0.29, 0.717) is 24.2 Å². The van der Waals surface area contributed by atoms with Crippen LogP contribution in [0.1, 0.15) is 30.9 Å². The Bertz CT molecular complexity index is 599. The Labute approximate surface area is 126 Å². The van der Waals surface area contributed by atoms with Crippen LogP contribution < -0.4 is 0 Å². The van der Waals surface area contributed by atoms with E-state index in [1.807, 2.05) is 13.0 Å². The van der Waals surface area contributed by atoms with Gasteiger partial charge in [-0.25, -0.2) is 8.42 Å². The summed E-state index contributed by atoms with van der Waals surface area (Å²) in [5.74, 6) is -0.0424. The standard InChI is InChI=1S/C15H20N2O3S/c1-2-17(11-15-4-3-9-20-15)21(18,19)12-14-7-5-13(10-16)6-8-14/h5-8,15H,2-4,9,11-12H2,1H3. The van der Waals surface area contributed by atoms with Crippen molar-refractivity contribution in [2.45, 2.75) is 31.6 Å². The Morgan fingerprint density at radius 2 is 2.10 bits per heavy atom. The van der Waals surface area contributed by atoms with Crippen molar-refractivity contribution in [2.24, 2.45) is 0 Å². The van der Waals surface area contributed by atoms with Gasteiger partial charge in [-0.15, -0.1) is 0 Å². The summed E-state index contributed by atoms with van der Waals surface area (Å²) in [4.78, 5) is 0. The van der Waals surface area contributed by atoms with Crippen molar-refractivity contribution in [1.82, 2.24) is 4.31 Å². The lowest BCUT2D eigenvalue weighted by Crippen LogP contribution is -2.37. The zero-order valence-corrected chi connectivity index (χ0v) is 13.0. The van der Waals surface area contributed by atoms with E-state index in [4.69, 9.17) is 10.00 Å². The Balaban J connectivity index is 2.05. The van der Waals surface area contributed by atoms with Crippen LogP contribution in [0.5, 0.6) is 0 Å². The van der Waals surface area contributed by atoms with Crippen molar-refractivity contribution in [2.75, 3.05) is 19.7 Å². The average Bonchev–Trinajstić information content (AvgIpc) is 2.98. The van der Waals surface area contributed by atoms with Gasteiger partial charge in [0, 0.05) is 19.7 Å². The maximum Gasteiger partial charge on any atom is 0.218 e. The van der Waals surface area contributed by atoms with Gasteiger partial charge in [0.15, 0.2) is 0 Å². The lowest BCUT2D eigenvalue weighted by atomic mass is 10.2. The van der Waals surface area contributed by atoms with Gasteiger partial charge in [0.05, 0.1) is 23.5 Å². The highest BCUT2D eigenvalue weighted by Gasteiger charge is 2.26. The van der Waals surface area contributed by atoms with Gasteiger partial charge in [0.25, 0.3) is 0 Å². The smallest absolute Gasteiger partial charge is 0.218 e. The summed E-state index contributed by atoms with van der Waals surface area (Å²) >= 11 is 0. The highest BCUT2D eigenvalue weighted by atomic mass is 32.2. The molecule has 0 saturated carbocycles. The molecule has 1 unspecified atom stereocenters. The molecule has 0 spiro atoms. The molecular weight excluding hydrogens is 288 g/mol. The van der Waals surface area contributed by atoms with Gasteiger partial charge in [-0.05, 0) is 30.5 Å². The molecule has 2 rings (SSSR count). The molecule has 1 aromatic carbocycles. The zero-order chi connectivity index (χ0) is 15.3. The predicted octanol–water partition coefficient (Wildman–Crippen LogP) is 1.89. The molecule has 1 heterocycles. The third kappa shape index (κ3) is 4.27. The monoisotopic (exact) mass is 308 g/mol. The molecule has 0 bridgehead atoms. The largest absolute Gasteiger partial charge is 0.377 e. The van der Waals surface area contributed by atoms with Crippen LogP contribution in [-0.2, 0) is 20.5 Å². The fourth-order valence-electron chi connectivity index (χ4n) is 2.43.